The second-order valence-electron chi connectivity index (χ2n) is 5.90. The summed E-state index contributed by atoms with van der Waals surface area (Å²) in [4.78, 5) is 35.8. The van der Waals surface area contributed by atoms with Crippen LogP contribution in [-0.4, -0.2) is 38.1 Å². The lowest BCUT2D eigenvalue weighted by molar-refractivity contribution is -0.123. The first kappa shape index (κ1) is 20.8. The third-order valence-electron chi connectivity index (χ3n) is 3.69. The molecule has 8 heteroatoms. The van der Waals surface area contributed by atoms with E-state index in [2.05, 4.69) is 10.6 Å². The van der Waals surface area contributed by atoms with Gasteiger partial charge in [0.25, 0.3) is 5.91 Å². The Morgan fingerprint density at radius 3 is 2.11 bits per heavy atom. The zero-order chi connectivity index (χ0) is 20.7. The van der Waals surface area contributed by atoms with E-state index < -0.39 is 18.0 Å². The molecule has 0 bridgehead atoms. The number of carbonyl (C=O) groups is 3. The van der Waals surface area contributed by atoms with Crippen molar-refractivity contribution in [3.63, 3.8) is 0 Å². The highest BCUT2D eigenvalue weighted by Gasteiger charge is 2.20. The third-order valence-corrected chi connectivity index (χ3v) is 3.69. The number of benzene rings is 2. The number of hydrogen-bond donors (Lipinski definition) is 2. The molecule has 0 spiro atoms. The molecule has 0 aliphatic rings. The van der Waals surface area contributed by atoms with Crippen LogP contribution in [0.5, 0.6) is 11.5 Å². The van der Waals surface area contributed by atoms with Crippen molar-refractivity contribution in [2.24, 2.45) is 0 Å². The van der Waals surface area contributed by atoms with Gasteiger partial charge < -0.3 is 24.8 Å². The van der Waals surface area contributed by atoms with Crippen molar-refractivity contribution in [2.45, 2.75) is 20.0 Å². The zero-order valence-electron chi connectivity index (χ0n) is 16.1. The summed E-state index contributed by atoms with van der Waals surface area (Å²) in [5, 5.41) is 5.23. The van der Waals surface area contributed by atoms with E-state index >= 15 is 0 Å². The maximum Gasteiger partial charge on any atom is 0.338 e. The number of methoxy groups -OCH3 is 2. The van der Waals surface area contributed by atoms with E-state index in [9.17, 15) is 14.4 Å². The van der Waals surface area contributed by atoms with Crippen molar-refractivity contribution < 1.29 is 28.6 Å². The number of carbonyl (C=O) groups excluding carboxylic acids is 3. The van der Waals surface area contributed by atoms with Crippen LogP contribution >= 0.6 is 0 Å². The highest BCUT2D eigenvalue weighted by molar-refractivity contribution is 5.98. The highest BCUT2D eigenvalue weighted by atomic mass is 16.5. The summed E-state index contributed by atoms with van der Waals surface area (Å²) in [6.07, 6.45) is -1.05. The van der Waals surface area contributed by atoms with Gasteiger partial charge in [-0.05, 0) is 25.1 Å². The molecule has 2 aromatic rings. The van der Waals surface area contributed by atoms with Gasteiger partial charge in [-0.15, -0.1) is 0 Å². The van der Waals surface area contributed by atoms with E-state index in [0.29, 0.717) is 22.9 Å². The molecule has 2 aromatic carbocycles. The summed E-state index contributed by atoms with van der Waals surface area (Å²) in [7, 11) is 3.00. The zero-order valence-corrected chi connectivity index (χ0v) is 16.1. The maximum atomic E-state index is 12.4. The van der Waals surface area contributed by atoms with Crippen molar-refractivity contribution in [3.05, 3.63) is 48.0 Å². The third kappa shape index (κ3) is 5.73. The summed E-state index contributed by atoms with van der Waals surface area (Å²) in [6.45, 7) is 2.83. The minimum absolute atomic E-state index is 0.217. The Kier molecular flexibility index (Phi) is 6.97. The lowest BCUT2D eigenvalue weighted by Gasteiger charge is -2.15. The minimum atomic E-state index is -1.05. The summed E-state index contributed by atoms with van der Waals surface area (Å²) < 4.78 is 15.5. The topological polar surface area (TPSA) is 103 Å². The van der Waals surface area contributed by atoms with E-state index in [-0.39, 0.29) is 11.5 Å². The van der Waals surface area contributed by atoms with Gasteiger partial charge in [-0.2, -0.15) is 0 Å². The average Bonchev–Trinajstić information content (AvgIpc) is 2.67. The van der Waals surface area contributed by atoms with Crippen molar-refractivity contribution >= 4 is 29.2 Å². The van der Waals surface area contributed by atoms with Gasteiger partial charge in [0.05, 0.1) is 19.8 Å². The molecular formula is C20H22N2O6. The molecule has 1 unspecified atom stereocenters. The molecule has 148 valence electrons. The Hall–Kier alpha value is -3.55. The SMILES string of the molecule is COc1cc(NC(=O)C(C)OC(=O)c2cccc(NC(C)=O)c2)cc(OC)c1. The summed E-state index contributed by atoms with van der Waals surface area (Å²) >= 11 is 0. The van der Waals surface area contributed by atoms with Gasteiger partial charge in [-0.3, -0.25) is 9.59 Å². The van der Waals surface area contributed by atoms with Crippen LogP contribution in [-0.2, 0) is 14.3 Å². The molecule has 0 aliphatic heterocycles. The Balaban J connectivity index is 2.04. The maximum absolute atomic E-state index is 12.4. The van der Waals surface area contributed by atoms with Crippen molar-refractivity contribution in [2.75, 3.05) is 24.9 Å². The molecule has 2 amide bonds. The molecule has 0 fully saturated rings. The van der Waals surface area contributed by atoms with E-state index in [1.54, 1.807) is 30.3 Å². The molecule has 0 aliphatic carbocycles. The van der Waals surface area contributed by atoms with Crippen molar-refractivity contribution in [1.29, 1.82) is 0 Å². The van der Waals surface area contributed by atoms with Crippen LogP contribution in [0, 0.1) is 0 Å². The van der Waals surface area contributed by atoms with Crippen LogP contribution in [0.3, 0.4) is 0 Å². The number of ether oxygens (including phenoxy) is 3. The van der Waals surface area contributed by atoms with Crippen LogP contribution in [0.4, 0.5) is 11.4 Å². The van der Waals surface area contributed by atoms with Crippen LogP contribution in [0.15, 0.2) is 42.5 Å². The quantitative estimate of drug-likeness (QED) is 0.710. The number of hydrogen-bond acceptors (Lipinski definition) is 6. The second-order valence-corrected chi connectivity index (χ2v) is 5.90. The van der Waals surface area contributed by atoms with Crippen LogP contribution in [0.1, 0.15) is 24.2 Å². The minimum Gasteiger partial charge on any atom is -0.497 e. The second kappa shape index (κ2) is 9.40. The smallest absolute Gasteiger partial charge is 0.338 e. The molecule has 8 nitrogen and oxygen atoms in total. The van der Waals surface area contributed by atoms with Gasteiger partial charge in [0.2, 0.25) is 5.91 Å². The van der Waals surface area contributed by atoms with Gasteiger partial charge in [-0.1, -0.05) is 6.07 Å². The Morgan fingerprint density at radius 2 is 1.54 bits per heavy atom. The first-order valence-electron chi connectivity index (χ1n) is 8.45. The van der Waals surface area contributed by atoms with Gasteiger partial charge >= 0.3 is 5.97 Å². The highest BCUT2D eigenvalue weighted by Crippen LogP contribution is 2.26. The lowest BCUT2D eigenvalue weighted by Crippen LogP contribution is -2.30. The largest absolute Gasteiger partial charge is 0.497 e. The summed E-state index contributed by atoms with van der Waals surface area (Å²) in [6, 6.07) is 11.2. The summed E-state index contributed by atoms with van der Waals surface area (Å²) in [5.74, 6) is -0.435. The molecule has 0 saturated carbocycles. The Labute approximate surface area is 162 Å². The standard InChI is InChI=1S/C20H22N2O6/c1-12(19(24)22-16-9-17(26-3)11-18(10-16)27-4)28-20(25)14-6-5-7-15(8-14)21-13(2)23/h5-12H,1-4H3,(H,21,23)(H,22,24). The first-order valence-corrected chi connectivity index (χ1v) is 8.45. The van der Waals surface area contributed by atoms with Gasteiger partial charge in [-0.25, -0.2) is 4.79 Å². The molecule has 2 N–H and O–H groups in total. The van der Waals surface area contributed by atoms with E-state index in [1.165, 1.54) is 40.2 Å². The Bertz CT molecular complexity index is 858. The number of amides is 2. The molecular weight excluding hydrogens is 364 g/mol. The Morgan fingerprint density at radius 1 is 0.893 bits per heavy atom. The number of esters is 1. The summed E-state index contributed by atoms with van der Waals surface area (Å²) in [5.41, 5.74) is 1.12. The predicted octanol–water partition coefficient (Wildman–Crippen LogP) is 2.85. The van der Waals surface area contributed by atoms with Crippen LogP contribution in [0.2, 0.25) is 0 Å². The molecule has 2 rings (SSSR count). The molecule has 1 atom stereocenters. The monoisotopic (exact) mass is 386 g/mol. The fourth-order valence-electron chi connectivity index (χ4n) is 2.33. The predicted molar refractivity (Wildman–Crippen MR) is 104 cm³/mol. The van der Waals surface area contributed by atoms with Crippen LogP contribution in [0.25, 0.3) is 0 Å². The average molecular weight is 386 g/mol. The number of rotatable bonds is 7. The van der Waals surface area contributed by atoms with E-state index in [1.807, 2.05) is 0 Å². The molecule has 0 heterocycles. The molecule has 0 aromatic heterocycles. The molecule has 0 radical (unpaired) electrons. The number of anilines is 2. The van der Waals surface area contributed by atoms with Gasteiger partial charge in [0.1, 0.15) is 11.5 Å². The van der Waals surface area contributed by atoms with Gasteiger partial charge in [0, 0.05) is 36.5 Å². The van der Waals surface area contributed by atoms with E-state index in [0.717, 1.165) is 0 Å². The fraction of sp³-hybridized carbons (Fsp3) is 0.250. The van der Waals surface area contributed by atoms with Crippen molar-refractivity contribution in [3.8, 4) is 11.5 Å². The first-order chi connectivity index (χ1) is 13.3. The molecule has 0 saturated heterocycles. The fourth-order valence-corrected chi connectivity index (χ4v) is 2.33. The lowest BCUT2D eigenvalue weighted by atomic mass is 10.2. The molecule has 28 heavy (non-hydrogen) atoms. The van der Waals surface area contributed by atoms with E-state index in [4.69, 9.17) is 14.2 Å². The van der Waals surface area contributed by atoms with Crippen molar-refractivity contribution in [1.82, 2.24) is 0 Å². The normalized spacial score (nSPS) is 11.1. The van der Waals surface area contributed by atoms with Gasteiger partial charge in [0.15, 0.2) is 6.10 Å². The van der Waals surface area contributed by atoms with Crippen LogP contribution < -0.4 is 20.1 Å². The number of nitrogens with one attached hydrogen (secondary N) is 2.